The summed E-state index contributed by atoms with van der Waals surface area (Å²) >= 11 is 0. The highest BCUT2D eigenvalue weighted by atomic mass is 16.2. The number of anilines is 3. The van der Waals surface area contributed by atoms with Crippen LogP contribution < -0.4 is 10.6 Å². The SMILES string of the molecule is CC(C)(C)n1ncc2c(Nc3cccc(NC(=O)C4CC4)c3)ncnc21. The molecule has 0 unspecified atom stereocenters. The van der Waals surface area contributed by atoms with E-state index in [2.05, 4.69) is 46.5 Å². The quantitative estimate of drug-likeness (QED) is 0.750. The molecule has 0 bridgehead atoms. The monoisotopic (exact) mass is 350 g/mol. The summed E-state index contributed by atoms with van der Waals surface area (Å²) in [5, 5.41) is 11.6. The summed E-state index contributed by atoms with van der Waals surface area (Å²) in [6.45, 7) is 6.25. The van der Waals surface area contributed by atoms with Gasteiger partial charge in [-0.15, -0.1) is 0 Å². The van der Waals surface area contributed by atoms with Crippen molar-refractivity contribution in [2.24, 2.45) is 5.92 Å². The van der Waals surface area contributed by atoms with Gasteiger partial charge < -0.3 is 10.6 Å². The highest BCUT2D eigenvalue weighted by Gasteiger charge is 2.29. The molecular formula is C19H22N6O. The number of benzene rings is 1. The van der Waals surface area contributed by atoms with Crippen molar-refractivity contribution >= 4 is 34.1 Å². The van der Waals surface area contributed by atoms with Crippen LogP contribution in [0.4, 0.5) is 17.2 Å². The smallest absolute Gasteiger partial charge is 0.227 e. The van der Waals surface area contributed by atoms with Gasteiger partial charge in [0, 0.05) is 17.3 Å². The van der Waals surface area contributed by atoms with Crippen molar-refractivity contribution < 1.29 is 4.79 Å². The second-order valence-electron chi connectivity index (χ2n) is 7.66. The van der Waals surface area contributed by atoms with E-state index in [9.17, 15) is 4.79 Å². The molecule has 4 rings (SSSR count). The summed E-state index contributed by atoms with van der Waals surface area (Å²) in [7, 11) is 0. The molecule has 0 radical (unpaired) electrons. The maximum absolute atomic E-state index is 12.0. The van der Waals surface area contributed by atoms with Gasteiger partial charge in [0.1, 0.15) is 12.1 Å². The van der Waals surface area contributed by atoms with Gasteiger partial charge >= 0.3 is 0 Å². The number of hydrogen-bond acceptors (Lipinski definition) is 5. The van der Waals surface area contributed by atoms with Crippen molar-refractivity contribution in [1.82, 2.24) is 19.7 Å². The third-order valence-electron chi connectivity index (χ3n) is 4.34. The van der Waals surface area contributed by atoms with Crippen molar-refractivity contribution in [1.29, 1.82) is 0 Å². The number of fused-ring (bicyclic) bond motifs is 1. The predicted octanol–water partition coefficient (Wildman–Crippen LogP) is 3.67. The zero-order valence-corrected chi connectivity index (χ0v) is 15.2. The molecule has 1 amide bonds. The van der Waals surface area contributed by atoms with E-state index < -0.39 is 0 Å². The Labute approximate surface area is 151 Å². The highest BCUT2D eigenvalue weighted by molar-refractivity contribution is 5.95. The lowest BCUT2D eigenvalue weighted by atomic mass is 10.1. The standard InChI is InChI=1S/C19H22N6O/c1-19(2,3)25-17-15(10-22-25)16(20-11-21-17)23-13-5-4-6-14(9-13)24-18(26)12-7-8-12/h4-6,9-12H,7-8H2,1-3H3,(H,24,26)(H,20,21,23). The lowest BCUT2D eigenvalue weighted by molar-refractivity contribution is -0.117. The summed E-state index contributed by atoms with van der Waals surface area (Å²) in [6, 6.07) is 7.64. The van der Waals surface area contributed by atoms with Crippen LogP contribution in [0.3, 0.4) is 0 Å². The Hall–Kier alpha value is -2.96. The minimum atomic E-state index is -0.166. The summed E-state index contributed by atoms with van der Waals surface area (Å²) in [5.74, 6) is 0.963. The molecule has 1 fully saturated rings. The van der Waals surface area contributed by atoms with Crippen LogP contribution in [0, 0.1) is 5.92 Å². The van der Waals surface area contributed by atoms with E-state index in [-0.39, 0.29) is 17.4 Å². The van der Waals surface area contributed by atoms with Gasteiger partial charge in [-0.05, 0) is 51.8 Å². The Morgan fingerprint density at radius 1 is 1.19 bits per heavy atom. The number of hydrogen-bond donors (Lipinski definition) is 2. The zero-order valence-electron chi connectivity index (χ0n) is 15.2. The molecular weight excluding hydrogens is 328 g/mol. The van der Waals surface area contributed by atoms with Crippen molar-refractivity contribution in [2.45, 2.75) is 39.2 Å². The van der Waals surface area contributed by atoms with Gasteiger partial charge in [-0.3, -0.25) is 4.79 Å². The topological polar surface area (TPSA) is 84.7 Å². The number of nitrogens with one attached hydrogen (secondary N) is 2. The Balaban J connectivity index is 1.61. The fourth-order valence-electron chi connectivity index (χ4n) is 2.84. The van der Waals surface area contributed by atoms with E-state index in [1.54, 1.807) is 6.20 Å². The Bertz CT molecular complexity index is 968. The van der Waals surface area contributed by atoms with Crippen LogP contribution in [0.25, 0.3) is 11.0 Å². The van der Waals surface area contributed by atoms with Gasteiger partial charge in [0.25, 0.3) is 0 Å². The molecule has 0 spiro atoms. The maximum Gasteiger partial charge on any atom is 0.227 e. The molecule has 2 heterocycles. The van der Waals surface area contributed by atoms with Crippen LogP contribution in [-0.4, -0.2) is 25.7 Å². The molecule has 0 atom stereocenters. The molecule has 7 nitrogen and oxygen atoms in total. The number of nitrogens with zero attached hydrogens (tertiary/aromatic N) is 4. The molecule has 1 aliphatic rings. The highest BCUT2D eigenvalue weighted by Crippen LogP contribution is 2.31. The van der Waals surface area contributed by atoms with Crippen LogP contribution in [0.15, 0.2) is 36.8 Å². The summed E-state index contributed by atoms with van der Waals surface area (Å²) in [4.78, 5) is 20.7. The van der Waals surface area contributed by atoms with Gasteiger partial charge in [0.15, 0.2) is 5.65 Å². The second-order valence-corrected chi connectivity index (χ2v) is 7.66. The lowest BCUT2D eigenvalue weighted by Gasteiger charge is -2.19. The fraction of sp³-hybridized carbons (Fsp3) is 0.368. The summed E-state index contributed by atoms with van der Waals surface area (Å²) in [6.07, 6.45) is 5.29. The molecule has 3 aromatic rings. The van der Waals surface area contributed by atoms with E-state index in [4.69, 9.17) is 0 Å². The molecule has 1 aliphatic carbocycles. The van der Waals surface area contributed by atoms with Crippen LogP contribution in [0.2, 0.25) is 0 Å². The van der Waals surface area contributed by atoms with Crippen molar-refractivity contribution in [2.75, 3.05) is 10.6 Å². The molecule has 26 heavy (non-hydrogen) atoms. The molecule has 1 saturated carbocycles. The zero-order chi connectivity index (χ0) is 18.3. The van der Waals surface area contributed by atoms with Gasteiger partial charge in [0.2, 0.25) is 5.91 Å². The molecule has 0 aliphatic heterocycles. The first-order valence-electron chi connectivity index (χ1n) is 8.79. The number of carbonyl (C=O) groups excluding carboxylic acids is 1. The predicted molar refractivity (Wildman–Crippen MR) is 101 cm³/mol. The number of amides is 1. The minimum Gasteiger partial charge on any atom is -0.339 e. The third kappa shape index (κ3) is 3.24. The van der Waals surface area contributed by atoms with Gasteiger partial charge in [0.05, 0.1) is 17.1 Å². The maximum atomic E-state index is 12.0. The fourth-order valence-corrected chi connectivity index (χ4v) is 2.84. The Morgan fingerprint density at radius 3 is 2.69 bits per heavy atom. The van der Waals surface area contributed by atoms with E-state index in [0.717, 1.165) is 35.2 Å². The summed E-state index contributed by atoms with van der Waals surface area (Å²) < 4.78 is 1.89. The Kier molecular flexibility index (Phi) is 3.86. The molecule has 2 aromatic heterocycles. The largest absolute Gasteiger partial charge is 0.339 e. The summed E-state index contributed by atoms with van der Waals surface area (Å²) in [5.41, 5.74) is 2.25. The van der Waals surface area contributed by atoms with Crippen molar-refractivity contribution in [3.05, 3.63) is 36.8 Å². The van der Waals surface area contributed by atoms with Gasteiger partial charge in [-0.2, -0.15) is 5.10 Å². The van der Waals surface area contributed by atoms with Crippen LogP contribution >= 0.6 is 0 Å². The molecule has 1 aromatic carbocycles. The first kappa shape index (κ1) is 16.5. The average Bonchev–Trinajstić information content (AvgIpc) is 3.33. The van der Waals surface area contributed by atoms with Crippen molar-refractivity contribution in [3.8, 4) is 0 Å². The molecule has 0 saturated heterocycles. The van der Waals surface area contributed by atoms with Crippen LogP contribution in [0.1, 0.15) is 33.6 Å². The van der Waals surface area contributed by atoms with Gasteiger partial charge in [-0.1, -0.05) is 6.07 Å². The average molecular weight is 350 g/mol. The Morgan fingerprint density at radius 2 is 1.96 bits per heavy atom. The number of aromatic nitrogens is 4. The molecule has 7 heteroatoms. The number of rotatable bonds is 4. The van der Waals surface area contributed by atoms with E-state index in [0.29, 0.717) is 5.82 Å². The van der Waals surface area contributed by atoms with Crippen LogP contribution in [0.5, 0.6) is 0 Å². The van der Waals surface area contributed by atoms with E-state index >= 15 is 0 Å². The first-order valence-corrected chi connectivity index (χ1v) is 8.79. The molecule has 2 N–H and O–H groups in total. The third-order valence-corrected chi connectivity index (χ3v) is 4.34. The van der Waals surface area contributed by atoms with Gasteiger partial charge in [-0.25, -0.2) is 14.6 Å². The molecule has 134 valence electrons. The van der Waals surface area contributed by atoms with E-state index in [1.807, 2.05) is 28.9 Å². The van der Waals surface area contributed by atoms with Crippen molar-refractivity contribution in [3.63, 3.8) is 0 Å². The normalized spacial score (nSPS) is 14.4. The van der Waals surface area contributed by atoms with E-state index in [1.165, 1.54) is 6.33 Å². The second kappa shape index (κ2) is 6.09. The number of carbonyl (C=O) groups is 1. The van der Waals surface area contributed by atoms with Crippen LogP contribution in [-0.2, 0) is 10.3 Å². The minimum absolute atomic E-state index is 0.0954. The first-order chi connectivity index (χ1) is 12.4. The lowest BCUT2D eigenvalue weighted by Crippen LogP contribution is -2.23.